The molecule has 0 aromatic heterocycles. The van der Waals surface area contributed by atoms with E-state index in [0.29, 0.717) is 0 Å². The lowest BCUT2D eigenvalue weighted by molar-refractivity contribution is 0.291. The fourth-order valence-corrected chi connectivity index (χ4v) is 2.50. The summed E-state index contributed by atoms with van der Waals surface area (Å²) in [6.45, 7) is 2.49. The number of likely N-dealkylation sites (tertiary alicyclic amines) is 1. The smallest absolute Gasteiger partial charge is 0.0236 e. The predicted octanol–water partition coefficient (Wildman–Crippen LogP) is 2.28. The molecule has 0 radical (unpaired) electrons. The maximum atomic E-state index is 2.64. The maximum Gasteiger partial charge on any atom is 0.0236 e. The molecular formula is C12H15N. The Morgan fingerprint density at radius 3 is 2.69 bits per heavy atom. The molecule has 3 rings (SSSR count). The van der Waals surface area contributed by atoms with Crippen LogP contribution in [0.5, 0.6) is 0 Å². The number of fused-ring (bicyclic) bond motifs is 1. The first kappa shape index (κ1) is 7.57. The Labute approximate surface area is 79.4 Å². The van der Waals surface area contributed by atoms with Crippen molar-refractivity contribution in [1.29, 1.82) is 0 Å². The minimum Gasteiger partial charge on any atom is -0.296 e. The molecule has 1 heterocycles. The molecule has 68 valence electrons. The standard InChI is InChI=1S/C12H15N/c1-2-4-10(5-3-1)9-13-7-6-11-8-12(11)13/h1-5,11-12H,6-9H2/t11-,12+/m0/s1. The SMILES string of the molecule is c1ccc(CN2CC[C@H]3C[C@H]32)cc1. The number of benzene rings is 1. The van der Waals surface area contributed by atoms with Gasteiger partial charge in [0.15, 0.2) is 0 Å². The van der Waals surface area contributed by atoms with Crippen LogP contribution in [0.15, 0.2) is 30.3 Å². The van der Waals surface area contributed by atoms with Crippen molar-refractivity contribution in [2.24, 2.45) is 5.92 Å². The molecule has 0 amide bonds. The molecule has 1 saturated carbocycles. The van der Waals surface area contributed by atoms with Gasteiger partial charge in [0.05, 0.1) is 0 Å². The van der Waals surface area contributed by atoms with Crippen molar-refractivity contribution in [2.75, 3.05) is 6.54 Å². The van der Waals surface area contributed by atoms with Gasteiger partial charge in [0, 0.05) is 12.6 Å². The van der Waals surface area contributed by atoms with Crippen LogP contribution in [-0.4, -0.2) is 17.5 Å². The fraction of sp³-hybridized carbons (Fsp3) is 0.500. The summed E-state index contributed by atoms with van der Waals surface area (Å²) in [5.74, 6) is 1.06. The zero-order valence-electron chi connectivity index (χ0n) is 7.82. The number of rotatable bonds is 2. The third kappa shape index (κ3) is 1.37. The van der Waals surface area contributed by atoms with Crippen LogP contribution >= 0.6 is 0 Å². The van der Waals surface area contributed by atoms with Crippen molar-refractivity contribution in [1.82, 2.24) is 4.90 Å². The normalized spacial score (nSPS) is 31.7. The van der Waals surface area contributed by atoms with Crippen molar-refractivity contribution in [3.8, 4) is 0 Å². The van der Waals surface area contributed by atoms with Crippen molar-refractivity contribution in [2.45, 2.75) is 25.4 Å². The molecule has 1 aromatic rings. The van der Waals surface area contributed by atoms with Gasteiger partial charge in [0.2, 0.25) is 0 Å². The molecular weight excluding hydrogens is 158 g/mol. The van der Waals surface area contributed by atoms with Gasteiger partial charge >= 0.3 is 0 Å². The van der Waals surface area contributed by atoms with Gasteiger partial charge in [0.1, 0.15) is 0 Å². The van der Waals surface area contributed by atoms with Crippen molar-refractivity contribution in [3.05, 3.63) is 35.9 Å². The molecule has 2 aliphatic rings. The zero-order valence-corrected chi connectivity index (χ0v) is 7.82. The molecule has 0 spiro atoms. The third-order valence-electron chi connectivity index (χ3n) is 3.37. The average molecular weight is 173 g/mol. The highest BCUT2D eigenvalue weighted by Crippen LogP contribution is 2.44. The summed E-state index contributed by atoms with van der Waals surface area (Å²) in [6.07, 6.45) is 2.91. The summed E-state index contributed by atoms with van der Waals surface area (Å²) in [7, 11) is 0. The van der Waals surface area contributed by atoms with E-state index in [0.717, 1.165) is 12.0 Å². The fourth-order valence-electron chi connectivity index (χ4n) is 2.50. The summed E-state index contributed by atoms with van der Waals surface area (Å²) >= 11 is 0. The van der Waals surface area contributed by atoms with Crippen LogP contribution in [0.4, 0.5) is 0 Å². The van der Waals surface area contributed by atoms with E-state index in [9.17, 15) is 0 Å². The minimum atomic E-state index is 0.945. The Morgan fingerprint density at radius 2 is 2.08 bits per heavy atom. The van der Waals surface area contributed by atoms with Crippen molar-refractivity contribution >= 4 is 0 Å². The minimum absolute atomic E-state index is 0.945. The number of hydrogen-bond acceptors (Lipinski definition) is 1. The highest BCUT2D eigenvalue weighted by Gasteiger charge is 2.46. The molecule has 0 bridgehead atoms. The van der Waals surface area contributed by atoms with Crippen molar-refractivity contribution < 1.29 is 0 Å². The van der Waals surface area contributed by atoms with Crippen LogP contribution in [0.2, 0.25) is 0 Å². The first-order valence-corrected chi connectivity index (χ1v) is 5.21. The van der Waals surface area contributed by atoms with Gasteiger partial charge in [-0.25, -0.2) is 0 Å². The third-order valence-corrected chi connectivity index (χ3v) is 3.37. The summed E-state index contributed by atoms with van der Waals surface area (Å²) in [4.78, 5) is 2.64. The molecule has 2 atom stereocenters. The molecule has 1 aliphatic carbocycles. The van der Waals surface area contributed by atoms with Gasteiger partial charge < -0.3 is 0 Å². The largest absolute Gasteiger partial charge is 0.296 e. The van der Waals surface area contributed by atoms with E-state index in [2.05, 4.69) is 35.2 Å². The van der Waals surface area contributed by atoms with E-state index in [1.165, 1.54) is 31.5 Å². The van der Waals surface area contributed by atoms with Gasteiger partial charge in [0.25, 0.3) is 0 Å². The summed E-state index contributed by atoms with van der Waals surface area (Å²) in [5, 5.41) is 0. The highest BCUT2D eigenvalue weighted by atomic mass is 15.2. The van der Waals surface area contributed by atoms with Gasteiger partial charge in [-0.05, 0) is 30.9 Å². The quantitative estimate of drug-likeness (QED) is 0.663. The first-order chi connectivity index (χ1) is 6.43. The maximum absolute atomic E-state index is 2.64. The number of nitrogens with zero attached hydrogens (tertiary/aromatic N) is 1. The lowest BCUT2D eigenvalue weighted by atomic mass is 10.2. The molecule has 1 aromatic carbocycles. The Balaban J connectivity index is 1.69. The molecule has 2 fully saturated rings. The molecule has 1 nitrogen and oxygen atoms in total. The Bertz CT molecular complexity index is 293. The van der Waals surface area contributed by atoms with Gasteiger partial charge in [-0.1, -0.05) is 30.3 Å². The Kier molecular flexibility index (Phi) is 1.66. The Hall–Kier alpha value is -0.820. The van der Waals surface area contributed by atoms with Gasteiger partial charge in [-0.2, -0.15) is 0 Å². The summed E-state index contributed by atoms with van der Waals surface area (Å²) in [5.41, 5.74) is 1.47. The number of hydrogen-bond donors (Lipinski definition) is 0. The van der Waals surface area contributed by atoms with Crippen LogP contribution in [0.1, 0.15) is 18.4 Å². The second-order valence-corrected chi connectivity index (χ2v) is 4.31. The molecule has 0 N–H and O–H groups in total. The lowest BCUT2D eigenvalue weighted by Crippen LogP contribution is -2.22. The van der Waals surface area contributed by atoms with E-state index in [1.807, 2.05) is 0 Å². The Morgan fingerprint density at radius 1 is 1.23 bits per heavy atom. The van der Waals surface area contributed by atoms with Crippen LogP contribution in [0.25, 0.3) is 0 Å². The number of piperidine rings is 1. The van der Waals surface area contributed by atoms with E-state index < -0.39 is 0 Å². The zero-order chi connectivity index (χ0) is 8.67. The molecule has 1 aliphatic heterocycles. The summed E-state index contributed by atoms with van der Waals surface area (Å²) in [6, 6.07) is 11.8. The topological polar surface area (TPSA) is 3.24 Å². The summed E-state index contributed by atoms with van der Waals surface area (Å²) < 4.78 is 0. The average Bonchev–Trinajstić information content (AvgIpc) is 2.86. The van der Waals surface area contributed by atoms with Gasteiger partial charge in [-0.15, -0.1) is 0 Å². The second-order valence-electron chi connectivity index (χ2n) is 4.31. The monoisotopic (exact) mass is 173 g/mol. The van der Waals surface area contributed by atoms with Crippen LogP contribution in [0.3, 0.4) is 0 Å². The van der Waals surface area contributed by atoms with Crippen LogP contribution in [0, 0.1) is 5.92 Å². The lowest BCUT2D eigenvalue weighted by Gasteiger charge is -2.17. The second kappa shape index (κ2) is 2.85. The van der Waals surface area contributed by atoms with E-state index in [4.69, 9.17) is 0 Å². The highest BCUT2D eigenvalue weighted by molar-refractivity contribution is 5.16. The molecule has 0 unspecified atom stereocenters. The first-order valence-electron chi connectivity index (χ1n) is 5.21. The van der Waals surface area contributed by atoms with E-state index >= 15 is 0 Å². The predicted molar refractivity (Wildman–Crippen MR) is 53.4 cm³/mol. The molecule has 13 heavy (non-hydrogen) atoms. The van der Waals surface area contributed by atoms with Crippen molar-refractivity contribution in [3.63, 3.8) is 0 Å². The molecule has 1 saturated heterocycles. The van der Waals surface area contributed by atoms with Gasteiger partial charge in [-0.3, -0.25) is 4.90 Å². The van der Waals surface area contributed by atoms with Crippen LogP contribution < -0.4 is 0 Å². The molecule has 1 heteroatoms. The van der Waals surface area contributed by atoms with Crippen LogP contribution in [-0.2, 0) is 6.54 Å². The van der Waals surface area contributed by atoms with E-state index in [-0.39, 0.29) is 0 Å². The van der Waals surface area contributed by atoms with E-state index in [1.54, 1.807) is 0 Å².